The molecular weight excluding hydrogens is 549 g/mol. The highest BCUT2D eigenvalue weighted by Gasteiger charge is 2.23. The highest BCUT2D eigenvalue weighted by atomic mass is 35.5. The smallest absolute Gasteiger partial charge is 0.337 e. The maximum Gasteiger partial charge on any atom is 0.337 e. The van der Waals surface area contributed by atoms with E-state index in [1.54, 1.807) is 36.4 Å². The second-order valence-corrected chi connectivity index (χ2v) is 9.93. The van der Waals surface area contributed by atoms with Gasteiger partial charge in [-0.15, -0.1) is 0 Å². The number of fused-ring (bicyclic) bond motifs is 1. The summed E-state index contributed by atoms with van der Waals surface area (Å²) in [5, 5.41) is 0.330. The third kappa shape index (κ3) is 5.86. The quantitative estimate of drug-likeness (QED) is 0.179. The molecule has 0 amide bonds. The zero-order chi connectivity index (χ0) is 28.3. The van der Waals surface area contributed by atoms with Gasteiger partial charge in [-0.3, -0.25) is 4.57 Å². The number of esters is 1. The van der Waals surface area contributed by atoms with Gasteiger partial charge in [-0.1, -0.05) is 23.7 Å². The number of rotatable bonds is 9. The van der Waals surface area contributed by atoms with Crippen molar-refractivity contribution in [2.45, 2.75) is 25.7 Å². The molecule has 1 aliphatic heterocycles. The Hall–Kier alpha value is -4.47. The van der Waals surface area contributed by atoms with Gasteiger partial charge in [-0.25, -0.2) is 14.2 Å². The molecule has 6 rings (SSSR count). The van der Waals surface area contributed by atoms with Crippen molar-refractivity contribution in [3.8, 4) is 28.9 Å². The van der Waals surface area contributed by atoms with Crippen LogP contribution >= 0.6 is 11.6 Å². The largest absolute Gasteiger partial charge is 0.473 e. The van der Waals surface area contributed by atoms with E-state index in [0.29, 0.717) is 51.5 Å². The Bertz CT molecular complexity index is 1720. The zero-order valence-electron chi connectivity index (χ0n) is 22.1. The van der Waals surface area contributed by atoms with Crippen LogP contribution in [-0.4, -0.2) is 40.3 Å². The minimum atomic E-state index is -0.429. The van der Waals surface area contributed by atoms with E-state index in [1.807, 2.05) is 41.0 Å². The summed E-state index contributed by atoms with van der Waals surface area (Å²) in [7, 11) is 1.35. The van der Waals surface area contributed by atoms with E-state index in [1.165, 1.54) is 13.2 Å². The predicted octanol–water partition coefficient (Wildman–Crippen LogP) is 6.84. The second-order valence-electron chi connectivity index (χ2n) is 9.49. The fourth-order valence-corrected chi connectivity index (χ4v) is 4.64. The Labute approximate surface area is 240 Å². The summed E-state index contributed by atoms with van der Waals surface area (Å²) in [6.07, 6.45) is 0.991. The zero-order valence-corrected chi connectivity index (χ0v) is 22.8. The van der Waals surface area contributed by atoms with Crippen molar-refractivity contribution in [3.63, 3.8) is 0 Å². The fraction of sp³-hybridized carbons (Fsp3) is 0.194. The van der Waals surface area contributed by atoms with E-state index < -0.39 is 11.8 Å². The lowest BCUT2D eigenvalue weighted by atomic mass is 10.1. The number of methoxy groups -OCH3 is 1. The molecule has 3 heterocycles. The molecule has 1 atom stereocenters. The van der Waals surface area contributed by atoms with Crippen LogP contribution in [0.4, 0.5) is 4.39 Å². The molecule has 0 spiro atoms. The fourth-order valence-electron chi connectivity index (χ4n) is 4.48. The van der Waals surface area contributed by atoms with Crippen LogP contribution in [0.25, 0.3) is 22.3 Å². The first-order valence-corrected chi connectivity index (χ1v) is 13.4. The molecule has 2 aromatic heterocycles. The number of benzene rings is 3. The first kappa shape index (κ1) is 26.7. The van der Waals surface area contributed by atoms with Crippen LogP contribution in [-0.2, 0) is 22.6 Å². The van der Waals surface area contributed by atoms with E-state index in [4.69, 9.17) is 30.5 Å². The van der Waals surface area contributed by atoms with Crippen LogP contribution in [0.3, 0.4) is 0 Å². The third-order valence-corrected chi connectivity index (χ3v) is 7.02. The highest BCUT2D eigenvalue weighted by Crippen LogP contribution is 2.31. The number of pyridine rings is 1. The summed E-state index contributed by atoms with van der Waals surface area (Å²) in [5.74, 6) is 0.105. The number of nitrogens with zero attached hydrogens (tertiary/aromatic N) is 3. The molecule has 1 saturated heterocycles. The van der Waals surface area contributed by atoms with Gasteiger partial charge in [0, 0.05) is 28.8 Å². The van der Waals surface area contributed by atoms with Gasteiger partial charge in [-0.2, -0.15) is 4.98 Å². The lowest BCUT2D eigenvalue weighted by Crippen LogP contribution is -2.31. The third-order valence-electron chi connectivity index (χ3n) is 6.79. The molecule has 5 aromatic rings. The predicted molar refractivity (Wildman–Crippen MR) is 151 cm³/mol. The number of hydrogen-bond acceptors (Lipinski definition) is 7. The summed E-state index contributed by atoms with van der Waals surface area (Å²) in [5.41, 5.74) is 3.82. The first-order chi connectivity index (χ1) is 20.0. The lowest BCUT2D eigenvalue weighted by Gasteiger charge is -2.27. The molecule has 1 aliphatic rings. The van der Waals surface area contributed by atoms with E-state index in [2.05, 4.69) is 9.97 Å². The maximum absolute atomic E-state index is 14.1. The first-order valence-electron chi connectivity index (χ1n) is 13.0. The number of imidazole rings is 1. The number of aromatic nitrogens is 3. The molecule has 0 radical (unpaired) electrons. The van der Waals surface area contributed by atoms with Crippen LogP contribution in [0.2, 0.25) is 5.02 Å². The van der Waals surface area contributed by atoms with Crippen LogP contribution in [0.15, 0.2) is 78.9 Å². The number of carbonyl (C=O) groups is 1. The van der Waals surface area contributed by atoms with Gasteiger partial charge in [0.1, 0.15) is 18.2 Å². The molecule has 0 aliphatic carbocycles. The van der Waals surface area contributed by atoms with Gasteiger partial charge < -0.3 is 18.9 Å². The normalized spacial score (nSPS) is 14.5. The van der Waals surface area contributed by atoms with Crippen LogP contribution in [0.5, 0.6) is 17.6 Å². The van der Waals surface area contributed by atoms with Crippen molar-refractivity contribution in [1.29, 1.82) is 0 Å². The SMILES string of the molecule is COC(=O)c1ccc2nc(Oc3ccc(-c4cccc(OCc5ccc(Cl)cc5F)n4)cc3)n(C[C@@H]3CCO3)c2c1. The van der Waals surface area contributed by atoms with Gasteiger partial charge in [0.15, 0.2) is 0 Å². The second kappa shape index (κ2) is 11.6. The lowest BCUT2D eigenvalue weighted by molar-refractivity contribution is -0.0593. The number of ether oxygens (including phenoxy) is 4. The summed E-state index contributed by atoms with van der Waals surface area (Å²) < 4.78 is 38.5. The van der Waals surface area contributed by atoms with Crippen LogP contribution in [0.1, 0.15) is 22.3 Å². The topological polar surface area (TPSA) is 84.7 Å². The Morgan fingerprint density at radius 1 is 1.07 bits per heavy atom. The van der Waals surface area contributed by atoms with Crippen LogP contribution < -0.4 is 9.47 Å². The minimum Gasteiger partial charge on any atom is -0.473 e. The Balaban J connectivity index is 1.20. The highest BCUT2D eigenvalue weighted by molar-refractivity contribution is 6.30. The van der Waals surface area contributed by atoms with Crippen molar-refractivity contribution in [2.24, 2.45) is 0 Å². The number of halogens is 2. The van der Waals surface area contributed by atoms with E-state index in [-0.39, 0.29) is 12.7 Å². The van der Waals surface area contributed by atoms with E-state index in [9.17, 15) is 9.18 Å². The Morgan fingerprint density at radius 2 is 1.90 bits per heavy atom. The standard InChI is InChI=1S/C31H25ClFN3O5/c1-38-30(37)20-8-12-27-28(15-20)36(17-24-13-14-39-24)31(35-27)41-23-10-6-19(7-11-23)26-3-2-4-29(34-26)40-18-21-5-9-22(32)16-25(21)33/h2-12,15-16,24H,13-14,17-18H2,1H3/t24-/m0/s1. The van der Waals surface area contributed by atoms with Gasteiger partial charge in [0.2, 0.25) is 5.88 Å². The molecule has 3 aromatic carbocycles. The minimum absolute atomic E-state index is 0.0280. The molecule has 0 N–H and O–H groups in total. The van der Waals surface area contributed by atoms with Gasteiger partial charge in [-0.05, 0) is 67.1 Å². The molecule has 10 heteroatoms. The molecule has 0 saturated carbocycles. The average molecular weight is 574 g/mol. The molecular formula is C31H25ClFN3O5. The number of carbonyl (C=O) groups excluding carboxylic acids is 1. The molecule has 0 bridgehead atoms. The van der Waals surface area contributed by atoms with Gasteiger partial charge >= 0.3 is 12.0 Å². The Kier molecular flexibility index (Phi) is 7.54. The summed E-state index contributed by atoms with van der Waals surface area (Å²) >= 11 is 5.83. The Morgan fingerprint density at radius 3 is 2.63 bits per heavy atom. The molecule has 1 fully saturated rings. The maximum atomic E-state index is 14.1. The van der Waals surface area contributed by atoms with Crippen molar-refractivity contribution in [1.82, 2.24) is 14.5 Å². The van der Waals surface area contributed by atoms with E-state index >= 15 is 0 Å². The summed E-state index contributed by atoms with van der Waals surface area (Å²) in [6, 6.07) is 22.9. The molecule has 0 unspecified atom stereocenters. The van der Waals surface area contributed by atoms with Gasteiger partial charge in [0.25, 0.3) is 0 Å². The average Bonchev–Trinajstić information content (AvgIpc) is 3.30. The molecule has 208 valence electrons. The van der Waals surface area contributed by atoms with Gasteiger partial charge in [0.05, 0.1) is 42.0 Å². The van der Waals surface area contributed by atoms with E-state index in [0.717, 1.165) is 24.1 Å². The monoisotopic (exact) mass is 573 g/mol. The molecule has 8 nitrogen and oxygen atoms in total. The summed E-state index contributed by atoms with van der Waals surface area (Å²) in [6.45, 7) is 1.30. The van der Waals surface area contributed by atoms with Crippen molar-refractivity contribution in [2.75, 3.05) is 13.7 Å². The van der Waals surface area contributed by atoms with Crippen molar-refractivity contribution >= 4 is 28.6 Å². The van der Waals surface area contributed by atoms with Crippen LogP contribution in [0, 0.1) is 5.82 Å². The van der Waals surface area contributed by atoms with Crippen molar-refractivity contribution < 1.29 is 28.1 Å². The van der Waals surface area contributed by atoms with Crippen molar-refractivity contribution in [3.05, 3.63) is 101 Å². The summed E-state index contributed by atoms with van der Waals surface area (Å²) in [4.78, 5) is 21.3. The molecule has 41 heavy (non-hydrogen) atoms. The number of hydrogen-bond donors (Lipinski definition) is 0.